The minimum Gasteiger partial charge on any atom is -1.00 e. The quantitative estimate of drug-likeness (QED) is 0.464. The van der Waals surface area contributed by atoms with Crippen molar-refractivity contribution in [1.29, 1.82) is 0 Å². The Morgan fingerprint density at radius 2 is 2.17 bits per heavy atom. The molecule has 12 heavy (non-hydrogen) atoms. The molecule has 0 saturated heterocycles. The Kier molecular flexibility index (Phi) is 18.0. The molecule has 65 valence electrons. The van der Waals surface area contributed by atoms with E-state index >= 15 is 0 Å². The summed E-state index contributed by atoms with van der Waals surface area (Å²) in [6.45, 7) is 2.14. The number of allylic oxidation sites excluding steroid dienone is 6. The molecule has 3 heteroatoms. The van der Waals surface area contributed by atoms with Crippen molar-refractivity contribution in [2.45, 2.75) is 19.8 Å². The minimum absolute atomic E-state index is 0. The van der Waals surface area contributed by atoms with Crippen LogP contribution >= 0.6 is 0 Å². The van der Waals surface area contributed by atoms with E-state index in [4.69, 9.17) is 0 Å². The molecular weight excluding hydrogens is 270 g/mol. The van der Waals surface area contributed by atoms with Gasteiger partial charge in [0.15, 0.2) is 0 Å². The summed E-state index contributed by atoms with van der Waals surface area (Å²) in [6.07, 6.45) is 13.7. The van der Waals surface area contributed by atoms with Crippen molar-refractivity contribution in [3.63, 3.8) is 0 Å². The molecule has 0 aromatic rings. The van der Waals surface area contributed by atoms with Gasteiger partial charge in [-0.2, -0.15) is 11.6 Å². The van der Waals surface area contributed by atoms with Gasteiger partial charge in [0.25, 0.3) is 0 Å². The van der Waals surface area contributed by atoms with Crippen LogP contribution in [0.3, 0.4) is 0 Å². The molecule has 1 rings (SSSR count). The monoisotopic (exact) mass is 279 g/mol. The predicted octanol–water partition coefficient (Wildman–Crippen LogP) is -3.35. The Hall–Kier alpha value is 0.683. The molecule has 0 unspecified atom stereocenters. The fourth-order valence-electron chi connectivity index (χ4n) is 0.783. The summed E-state index contributed by atoms with van der Waals surface area (Å²) in [5.41, 5.74) is 1.30. The summed E-state index contributed by atoms with van der Waals surface area (Å²) in [6, 6.07) is 0. The van der Waals surface area contributed by atoms with E-state index < -0.39 is 0 Å². The molecule has 0 heterocycles. The second kappa shape index (κ2) is 11.7. The van der Waals surface area contributed by atoms with E-state index in [-0.39, 0.29) is 51.0 Å². The maximum absolute atomic E-state index is 3.11. The fraction of sp³-hybridized carbons (Fsp3) is 0.333. The van der Waals surface area contributed by atoms with Crippen molar-refractivity contribution in [3.8, 4) is 0 Å². The van der Waals surface area contributed by atoms with Crippen molar-refractivity contribution in [1.82, 2.24) is 0 Å². The minimum atomic E-state index is 0. The number of rotatable bonds is 2. The first-order valence-electron chi connectivity index (χ1n) is 3.37. The molecule has 0 saturated carbocycles. The molecule has 0 aromatic heterocycles. The van der Waals surface area contributed by atoms with E-state index in [2.05, 4.69) is 31.2 Å². The maximum atomic E-state index is 3.11. The van der Waals surface area contributed by atoms with Crippen LogP contribution in [-0.4, -0.2) is 0 Å². The third kappa shape index (κ3) is 7.34. The van der Waals surface area contributed by atoms with Gasteiger partial charge in [0.05, 0.1) is 0 Å². The number of hydrogen-bond donors (Lipinski definition) is 0. The van der Waals surface area contributed by atoms with Gasteiger partial charge in [-0.25, -0.2) is 6.08 Å². The van der Waals surface area contributed by atoms with E-state index in [1.807, 2.05) is 6.08 Å². The van der Waals surface area contributed by atoms with Gasteiger partial charge in [-0.3, -0.25) is 6.08 Å². The normalized spacial score (nSPS) is 12.9. The molecule has 0 spiro atoms. The van der Waals surface area contributed by atoms with E-state index in [9.17, 15) is 0 Å². The SMILES string of the molecule is CCC=CC1=CC[C-]=C1.[Cl-].[Cl-].[Zr+3]. The molecule has 1 aliphatic carbocycles. The molecular formula is C9H11Cl2Zr. The van der Waals surface area contributed by atoms with Gasteiger partial charge in [0.1, 0.15) is 0 Å². The Labute approximate surface area is 106 Å². The van der Waals surface area contributed by atoms with Gasteiger partial charge in [-0.1, -0.05) is 6.92 Å². The second-order valence-corrected chi connectivity index (χ2v) is 2.07. The zero-order valence-corrected chi connectivity index (χ0v) is 10.9. The molecule has 0 bridgehead atoms. The van der Waals surface area contributed by atoms with Crippen LogP contribution in [0.15, 0.2) is 29.9 Å². The van der Waals surface area contributed by atoms with E-state index in [0.717, 1.165) is 12.8 Å². The van der Waals surface area contributed by atoms with Crippen LogP contribution in [0.5, 0.6) is 0 Å². The molecule has 1 aliphatic rings. The van der Waals surface area contributed by atoms with Crippen molar-refractivity contribution in [2.24, 2.45) is 0 Å². The maximum Gasteiger partial charge on any atom is 3.00 e. The molecule has 0 aliphatic heterocycles. The van der Waals surface area contributed by atoms with Gasteiger partial charge >= 0.3 is 26.2 Å². The third-order valence-corrected chi connectivity index (χ3v) is 1.27. The van der Waals surface area contributed by atoms with Crippen molar-refractivity contribution < 1.29 is 51.0 Å². The van der Waals surface area contributed by atoms with Crippen LogP contribution in [0.25, 0.3) is 0 Å². The Balaban J connectivity index is -0.000000270. The summed E-state index contributed by atoms with van der Waals surface area (Å²) in [5, 5.41) is 0. The Morgan fingerprint density at radius 3 is 2.58 bits per heavy atom. The van der Waals surface area contributed by atoms with E-state index in [1.54, 1.807) is 0 Å². The Morgan fingerprint density at radius 1 is 1.50 bits per heavy atom. The largest absolute Gasteiger partial charge is 3.00 e. The first-order valence-corrected chi connectivity index (χ1v) is 3.37. The smallest absolute Gasteiger partial charge is 1.00 e. The van der Waals surface area contributed by atoms with Crippen LogP contribution in [0.2, 0.25) is 0 Å². The summed E-state index contributed by atoms with van der Waals surface area (Å²) >= 11 is 0. The molecule has 1 radical (unpaired) electrons. The summed E-state index contributed by atoms with van der Waals surface area (Å²) in [7, 11) is 0. The number of halogens is 2. The first-order chi connectivity index (χ1) is 4.43. The molecule has 0 N–H and O–H groups in total. The van der Waals surface area contributed by atoms with Crippen molar-refractivity contribution in [2.75, 3.05) is 0 Å². The van der Waals surface area contributed by atoms with Gasteiger partial charge in [-0.05, 0) is 6.42 Å². The van der Waals surface area contributed by atoms with Crippen LogP contribution in [0, 0.1) is 6.08 Å². The van der Waals surface area contributed by atoms with Gasteiger partial charge in [0, 0.05) is 0 Å². The van der Waals surface area contributed by atoms with Crippen molar-refractivity contribution in [3.05, 3.63) is 36.0 Å². The fourth-order valence-corrected chi connectivity index (χ4v) is 0.783. The average molecular weight is 281 g/mol. The zero-order chi connectivity index (χ0) is 6.53. The van der Waals surface area contributed by atoms with E-state index in [0.29, 0.717) is 0 Å². The predicted molar refractivity (Wildman–Crippen MR) is 39.9 cm³/mol. The Bertz CT molecular complexity index is 171. The van der Waals surface area contributed by atoms with Crippen LogP contribution in [0.4, 0.5) is 0 Å². The summed E-state index contributed by atoms with van der Waals surface area (Å²) < 4.78 is 0. The van der Waals surface area contributed by atoms with E-state index in [1.165, 1.54) is 5.57 Å². The molecule has 0 atom stereocenters. The van der Waals surface area contributed by atoms with Crippen LogP contribution in [-0.2, 0) is 26.2 Å². The third-order valence-electron chi connectivity index (χ3n) is 1.27. The molecule has 0 fully saturated rings. The first kappa shape index (κ1) is 18.5. The summed E-state index contributed by atoms with van der Waals surface area (Å²) in [5.74, 6) is 0. The topological polar surface area (TPSA) is 0 Å². The average Bonchev–Trinajstić information content (AvgIpc) is 2.34. The standard InChI is InChI=1S/C9H11.2ClH.Zr/c1-2-3-6-9-7-4-5-8-9;;;/h3,6-8H,2,4H2,1H3;2*1H;/q-1;;;+3/p-2. The second-order valence-electron chi connectivity index (χ2n) is 2.07. The van der Waals surface area contributed by atoms with Crippen LogP contribution < -0.4 is 24.8 Å². The zero-order valence-electron chi connectivity index (χ0n) is 6.98. The van der Waals surface area contributed by atoms with Crippen molar-refractivity contribution >= 4 is 0 Å². The molecule has 0 aromatic carbocycles. The van der Waals surface area contributed by atoms with Gasteiger partial charge in [-0.15, -0.1) is 18.6 Å². The molecule has 0 nitrogen and oxygen atoms in total. The van der Waals surface area contributed by atoms with Gasteiger partial charge < -0.3 is 24.8 Å². The molecule has 0 amide bonds. The van der Waals surface area contributed by atoms with Gasteiger partial charge in [0.2, 0.25) is 0 Å². The number of hydrogen-bond acceptors (Lipinski definition) is 0. The summed E-state index contributed by atoms with van der Waals surface area (Å²) in [4.78, 5) is 0. The van der Waals surface area contributed by atoms with Crippen LogP contribution in [0.1, 0.15) is 19.8 Å².